The summed E-state index contributed by atoms with van der Waals surface area (Å²) in [5.41, 5.74) is 0.731. The number of carbonyl (C=O) groups excluding carboxylic acids is 1. The molecule has 9 nitrogen and oxygen atoms in total. The molecule has 124 valence electrons. The first kappa shape index (κ1) is 16.0. The largest absolute Gasteiger partial charge is 0.351 e. The molecular formula is C14H15N7O2S. The second kappa shape index (κ2) is 7.13. The maximum Gasteiger partial charge on any atom is 0.273 e. The summed E-state index contributed by atoms with van der Waals surface area (Å²) in [5.74, 6) is -0.302. The fourth-order valence-corrected chi connectivity index (χ4v) is 2.75. The van der Waals surface area contributed by atoms with Gasteiger partial charge in [-0.1, -0.05) is 5.21 Å². The highest BCUT2D eigenvalue weighted by Crippen LogP contribution is 2.14. The maximum atomic E-state index is 12.2. The molecule has 3 rings (SSSR count). The molecule has 0 saturated heterocycles. The van der Waals surface area contributed by atoms with E-state index in [2.05, 4.69) is 25.7 Å². The van der Waals surface area contributed by atoms with Crippen LogP contribution in [0, 0.1) is 6.92 Å². The van der Waals surface area contributed by atoms with Gasteiger partial charge in [-0.05, 0) is 19.4 Å². The van der Waals surface area contributed by atoms with Gasteiger partial charge in [-0.3, -0.25) is 9.59 Å². The number of aromatic nitrogens is 6. The average molecular weight is 345 g/mol. The average Bonchev–Trinajstić information content (AvgIpc) is 3.22. The van der Waals surface area contributed by atoms with E-state index in [0.29, 0.717) is 30.3 Å². The van der Waals surface area contributed by atoms with Gasteiger partial charge in [0, 0.05) is 36.9 Å². The number of hydrogen-bond acceptors (Lipinski definition) is 7. The summed E-state index contributed by atoms with van der Waals surface area (Å²) in [6.45, 7) is 2.61. The van der Waals surface area contributed by atoms with Crippen molar-refractivity contribution >= 4 is 17.2 Å². The number of nitrogens with zero attached hydrogens (tertiary/aromatic N) is 6. The van der Waals surface area contributed by atoms with E-state index in [1.54, 1.807) is 25.4 Å². The molecule has 0 saturated carbocycles. The SMILES string of the molecule is Cc1c(C(=O)NCCCn2ncccc2=O)nnn1-c1nccs1. The highest BCUT2D eigenvalue weighted by atomic mass is 32.1. The predicted octanol–water partition coefficient (Wildman–Crippen LogP) is 0.409. The lowest BCUT2D eigenvalue weighted by atomic mass is 10.3. The van der Waals surface area contributed by atoms with Gasteiger partial charge in [-0.25, -0.2) is 9.67 Å². The van der Waals surface area contributed by atoms with Crippen molar-refractivity contribution in [2.75, 3.05) is 6.54 Å². The monoisotopic (exact) mass is 345 g/mol. The molecule has 0 fully saturated rings. The third-order valence-corrected chi connectivity index (χ3v) is 4.07. The Bertz CT molecular complexity index is 885. The Morgan fingerprint density at radius 3 is 3.00 bits per heavy atom. The van der Waals surface area contributed by atoms with Gasteiger partial charge >= 0.3 is 0 Å². The summed E-state index contributed by atoms with van der Waals surface area (Å²) in [7, 11) is 0. The number of carbonyl (C=O) groups is 1. The standard InChI is InChI=1S/C14H15N7O2S/c1-10-12(18-19-21(10)14-16-7-9-24-14)13(23)15-5-3-8-20-11(22)4-2-6-17-20/h2,4,6-7,9H,3,5,8H2,1H3,(H,15,23). The fraction of sp³-hybridized carbons (Fsp3) is 0.286. The summed E-state index contributed by atoms with van der Waals surface area (Å²) in [5, 5.41) is 17.1. The van der Waals surface area contributed by atoms with Crippen LogP contribution in [0.2, 0.25) is 0 Å². The van der Waals surface area contributed by atoms with E-state index < -0.39 is 0 Å². The minimum atomic E-state index is -0.302. The molecule has 0 aromatic carbocycles. The smallest absolute Gasteiger partial charge is 0.273 e. The molecule has 0 bridgehead atoms. The molecule has 0 unspecified atom stereocenters. The van der Waals surface area contributed by atoms with Crippen molar-refractivity contribution in [2.24, 2.45) is 0 Å². The van der Waals surface area contributed by atoms with Crippen molar-refractivity contribution in [3.8, 4) is 5.13 Å². The lowest BCUT2D eigenvalue weighted by molar-refractivity contribution is 0.0947. The highest BCUT2D eigenvalue weighted by Gasteiger charge is 2.17. The van der Waals surface area contributed by atoms with E-state index in [-0.39, 0.29) is 17.2 Å². The van der Waals surface area contributed by atoms with Crippen LogP contribution in [0.4, 0.5) is 0 Å². The number of nitrogens with one attached hydrogen (secondary N) is 1. The van der Waals surface area contributed by atoms with Crippen molar-refractivity contribution in [1.82, 2.24) is 35.1 Å². The van der Waals surface area contributed by atoms with Crippen LogP contribution in [-0.4, -0.2) is 42.2 Å². The van der Waals surface area contributed by atoms with Crippen LogP contribution in [-0.2, 0) is 6.54 Å². The van der Waals surface area contributed by atoms with E-state index >= 15 is 0 Å². The van der Waals surface area contributed by atoms with E-state index in [1.807, 2.05) is 5.38 Å². The van der Waals surface area contributed by atoms with Gasteiger partial charge in [0.25, 0.3) is 11.5 Å². The lowest BCUT2D eigenvalue weighted by Gasteiger charge is -2.05. The predicted molar refractivity (Wildman–Crippen MR) is 87.2 cm³/mol. The first-order valence-electron chi connectivity index (χ1n) is 7.29. The molecule has 24 heavy (non-hydrogen) atoms. The van der Waals surface area contributed by atoms with Crippen LogP contribution in [0.1, 0.15) is 22.6 Å². The Kier molecular flexibility index (Phi) is 4.75. The second-order valence-corrected chi connectivity index (χ2v) is 5.82. The summed E-state index contributed by atoms with van der Waals surface area (Å²) >= 11 is 1.41. The van der Waals surface area contributed by atoms with E-state index in [9.17, 15) is 9.59 Å². The third-order valence-electron chi connectivity index (χ3n) is 3.33. The summed E-state index contributed by atoms with van der Waals surface area (Å²) < 4.78 is 2.89. The zero-order chi connectivity index (χ0) is 16.9. The lowest BCUT2D eigenvalue weighted by Crippen LogP contribution is -2.28. The van der Waals surface area contributed by atoms with Crippen molar-refractivity contribution < 1.29 is 4.79 Å². The van der Waals surface area contributed by atoms with E-state index in [1.165, 1.54) is 26.8 Å². The van der Waals surface area contributed by atoms with Gasteiger partial charge in [-0.15, -0.1) is 16.4 Å². The second-order valence-electron chi connectivity index (χ2n) is 4.94. The van der Waals surface area contributed by atoms with Crippen LogP contribution >= 0.6 is 11.3 Å². The summed E-state index contributed by atoms with van der Waals surface area (Å²) in [4.78, 5) is 27.9. The van der Waals surface area contributed by atoms with E-state index in [0.717, 1.165) is 0 Å². The van der Waals surface area contributed by atoms with Crippen molar-refractivity contribution in [1.29, 1.82) is 0 Å². The minimum Gasteiger partial charge on any atom is -0.351 e. The molecule has 0 spiro atoms. The number of hydrogen-bond donors (Lipinski definition) is 1. The number of aryl methyl sites for hydroxylation is 1. The van der Waals surface area contributed by atoms with Crippen LogP contribution in [0.15, 0.2) is 34.7 Å². The van der Waals surface area contributed by atoms with Crippen molar-refractivity contribution in [3.05, 3.63) is 51.6 Å². The Labute approximate surface area is 141 Å². The first-order valence-corrected chi connectivity index (χ1v) is 8.17. The fourth-order valence-electron chi connectivity index (χ4n) is 2.11. The van der Waals surface area contributed by atoms with Gasteiger partial charge in [0.15, 0.2) is 5.69 Å². The summed E-state index contributed by atoms with van der Waals surface area (Å²) in [6, 6.07) is 3.04. The third kappa shape index (κ3) is 3.38. The van der Waals surface area contributed by atoms with Crippen molar-refractivity contribution in [3.63, 3.8) is 0 Å². The van der Waals surface area contributed by atoms with Crippen LogP contribution in [0.3, 0.4) is 0 Å². The Morgan fingerprint density at radius 2 is 2.25 bits per heavy atom. The van der Waals surface area contributed by atoms with Gasteiger partial charge in [0.05, 0.1) is 5.69 Å². The van der Waals surface area contributed by atoms with Crippen LogP contribution in [0.5, 0.6) is 0 Å². The zero-order valence-electron chi connectivity index (χ0n) is 12.9. The minimum absolute atomic E-state index is 0.161. The van der Waals surface area contributed by atoms with Gasteiger partial charge < -0.3 is 5.32 Å². The van der Waals surface area contributed by atoms with Gasteiger partial charge in [0.1, 0.15) is 0 Å². The molecule has 0 radical (unpaired) electrons. The normalized spacial score (nSPS) is 10.7. The topological polar surface area (TPSA) is 108 Å². The molecule has 0 atom stereocenters. The number of amides is 1. The molecule has 0 aliphatic heterocycles. The summed E-state index contributed by atoms with van der Waals surface area (Å²) in [6.07, 6.45) is 3.81. The Morgan fingerprint density at radius 1 is 1.38 bits per heavy atom. The highest BCUT2D eigenvalue weighted by molar-refractivity contribution is 7.12. The molecule has 0 aliphatic carbocycles. The molecule has 1 amide bonds. The zero-order valence-corrected chi connectivity index (χ0v) is 13.7. The van der Waals surface area contributed by atoms with Gasteiger partial charge in [-0.2, -0.15) is 9.78 Å². The Balaban J connectivity index is 1.56. The number of rotatable bonds is 6. The maximum absolute atomic E-state index is 12.2. The van der Waals surface area contributed by atoms with Crippen LogP contribution < -0.4 is 10.9 Å². The van der Waals surface area contributed by atoms with Crippen LogP contribution in [0.25, 0.3) is 5.13 Å². The Hall–Kier alpha value is -2.88. The molecule has 10 heteroatoms. The van der Waals surface area contributed by atoms with Crippen molar-refractivity contribution in [2.45, 2.75) is 19.9 Å². The van der Waals surface area contributed by atoms with Gasteiger partial charge in [0.2, 0.25) is 5.13 Å². The first-order chi connectivity index (χ1) is 11.7. The molecule has 3 aromatic heterocycles. The molecule has 1 N–H and O–H groups in total. The molecule has 3 aromatic rings. The molecular weight excluding hydrogens is 330 g/mol. The molecule has 3 heterocycles. The molecule has 0 aliphatic rings. The number of thiazole rings is 1. The van der Waals surface area contributed by atoms with E-state index in [4.69, 9.17) is 0 Å². The quantitative estimate of drug-likeness (QED) is 0.648.